The quantitative estimate of drug-likeness (QED) is 0.915. The number of benzene rings is 1. The molecule has 0 saturated carbocycles. The van der Waals surface area contributed by atoms with Crippen LogP contribution < -0.4 is 5.32 Å². The van der Waals surface area contributed by atoms with Gasteiger partial charge in [0.2, 0.25) is 0 Å². The number of hydrogen-bond acceptors (Lipinski definition) is 3. The lowest BCUT2D eigenvalue weighted by molar-refractivity contribution is -0.0550. The highest BCUT2D eigenvalue weighted by molar-refractivity contribution is 5.31. The summed E-state index contributed by atoms with van der Waals surface area (Å²) in [5.41, 5.74) is 3.97. The Kier molecular flexibility index (Phi) is 5.19. The lowest BCUT2D eigenvalue weighted by Gasteiger charge is -2.39. The van der Waals surface area contributed by atoms with Crippen molar-refractivity contribution < 1.29 is 4.74 Å². The molecule has 1 aliphatic heterocycles. The van der Waals surface area contributed by atoms with E-state index in [-0.39, 0.29) is 12.1 Å². The molecule has 1 fully saturated rings. The van der Waals surface area contributed by atoms with Crippen LogP contribution in [-0.2, 0) is 4.74 Å². The summed E-state index contributed by atoms with van der Waals surface area (Å²) < 4.78 is 6.04. The first-order chi connectivity index (χ1) is 9.51. The summed E-state index contributed by atoms with van der Waals surface area (Å²) in [5, 5.41) is 3.45. The van der Waals surface area contributed by atoms with Crippen molar-refractivity contribution in [2.24, 2.45) is 0 Å². The third-order valence-corrected chi connectivity index (χ3v) is 4.14. The van der Waals surface area contributed by atoms with E-state index in [4.69, 9.17) is 4.74 Å². The molecule has 1 aromatic rings. The zero-order chi connectivity index (χ0) is 14.7. The highest BCUT2D eigenvalue weighted by atomic mass is 16.5. The monoisotopic (exact) mass is 276 g/mol. The van der Waals surface area contributed by atoms with E-state index in [1.165, 1.54) is 16.7 Å². The van der Waals surface area contributed by atoms with E-state index >= 15 is 0 Å². The summed E-state index contributed by atoms with van der Waals surface area (Å²) in [4.78, 5) is 2.50. The van der Waals surface area contributed by atoms with Crippen LogP contribution in [0.25, 0.3) is 0 Å². The summed E-state index contributed by atoms with van der Waals surface area (Å²) >= 11 is 0. The van der Waals surface area contributed by atoms with Gasteiger partial charge in [-0.1, -0.05) is 29.3 Å². The van der Waals surface area contributed by atoms with Gasteiger partial charge in [0.25, 0.3) is 0 Å². The van der Waals surface area contributed by atoms with Gasteiger partial charge in [-0.05, 0) is 40.3 Å². The van der Waals surface area contributed by atoms with Gasteiger partial charge in [0.05, 0.1) is 18.8 Å². The van der Waals surface area contributed by atoms with E-state index < -0.39 is 0 Å². The van der Waals surface area contributed by atoms with Gasteiger partial charge in [0.15, 0.2) is 0 Å². The van der Waals surface area contributed by atoms with E-state index in [1.54, 1.807) is 0 Å². The molecule has 1 N–H and O–H groups in total. The highest BCUT2D eigenvalue weighted by Crippen LogP contribution is 2.24. The van der Waals surface area contributed by atoms with Gasteiger partial charge in [0, 0.05) is 19.1 Å². The van der Waals surface area contributed by atoms with Crippen LogP contribution in [0.2, 0.25) is 0 Å². The van der Waals surface area contributed by atoms with E-state index in [1.807, 2.05) is 7.05 Å². The Morgan fingerprint density at radius 2 is 1.85 bits per heavy atom. The molecule has 1 aliphatic rings. The van der Waals surface area contributed by atoms with Crippen molar-refractivity contribution >= 4 is 0 Å². The molecule has 0 aromatic heterocycles. The van der Waals surface area contributed by atoms with Crippen LogP contribution in [0.3, 0.4) is 0 Å². The first kappa shape index (κ1) is 15.5. The largest absolute Gasteiger partial charge is 0.374 e. The van der Waals surface area contributed by atoms with Gasteiger partial charge >= 0.3 is 0 Å². The zero-order valence-corrected chi connectivity index (χ0v) is 13.4. The van der Waals surface area contributed by atoms with Crippen molar-refractivity contribution in [3.05, 3.63) is 34.9 Å². The van der Waals surface area contributed by atoms with Crippen LogP contribution in [0, 0.1) is 13.8 Å². The molecule has 2 atom stereocenters. The molecule has 0 spiro atoms. The maximum atomic E-state index is 6.04. The van der Waals surface area contributed by atoms with Gasteiger partial charge < -0.3 is 10.1 Å². The van der Waals surface area contributed by atoms with Crippen molar-refractivity contribution in [1.29, 1.82) is 0 Å². The molecule has 3 nitrogen and oxygen atoms in total. The van der Waals surface area contributed by atoms with E-state index in [2.05, 4.69) is 56.1 Å². The lowest BCUT2D eigenvalue weighted by Crippen LogP contribution is -2.49. The minimum atomic E-state index is 0.220. The maximum Gasteiger partial charge on any atom is 0.0896 e. The topological polar surface area (TPSA) is 24.5 Å². The van der Waals surface area contributed by atoms with E-state index in [0.717, 1.165) is 19.7 Å². The minimum absolute atomic E-state index is 0.220. The molecule has 1 heterocycles. The predicted molar refractivity (Wildman–Crippen MR) is 84.2 cm³/mol. The molecule has 2 unspecified atom stereocenters. The molecule has 0 amide bonds. The summed E-state index contributed by atoms with van der Waals surface area (Å²) in [6, 6.07) is 7.60. The number of hydrogen-bond donors (Lipinski definition) is 1. The number of likely N-dealkylation sites (N-methyl/N-ethyl adjacent to an activating group) is 1. The van der Waals surface area contributed by atoms with Gasteiger partial charge in [-0.3, -0.25) is 4.90 Å². The molecule has 112 valence electrons. The van der Waals surface area contributed by atoms with Crippen molar-refractivity contribution in [2.75, 3.05) is 26.7 Å². The Bertz CT molecular complexity index is 424. The highest BCUT2D eigenvalue weighted by Gasteiger charge is 2.29. The van der Waals surface area contributed by atoms with Crippen LogP contribution in [0.5, 0.6) is 0 Å². The first-order valence-electron chi connectivity index (χ1n) is 7.62. The number of rotatable bonds is 4. The third kappa shape index (κ3) is 3.60. The summed E-state index contributed by atoms with van der Waals surface area (Å²) in [7, 11) is 2.03. The number of aryl methyl sites for hydroxylation is 2. The SMILES string of the molecule is CNC(c1cc(C)cc(C)c1)C1CN(C(C)C)CCO1. The molecule has 1 saturated heterocycles. The molecule has 0 aliphatic carbocycles. The lowest BCUT2D eigenvalue weighted by atomic mass is 9.96. The van der Waals surface area contributed by atoms with Crippen LogP contribution >= 0.6 is 0 Å². The smallest absolute Gasteiger partial charge is 0.0896 e. The third-order valence-electron chi connectivity index (χ3n) is 4.14. The number of morpholine rings is 1. The Morgan fingerprint density at radius 1 is 1.20 bits per heavy atom. The van der Waals surface area contributed by atoms with Crippen LogP contribution in [0.15, 0.2) is 18.2 Å². The summed E-state index contributed by atoms with van der Waals surface area (Å²) in [5.74, 6) is 0. The Hall–Kier alpha value is -0.900. The molecule has 1 aromatic carbocycles. The average Bonchev–Trinajstić information content (AvgIpc) is 2.39. The van der Waals surface area contributed by atoms with Crippen LogP contribution in [0.1, 0.15) is 36.6 Å². The first-order valence-corrected chi connectivity index (χ1v) is 7.62. The fourth-order valence-corrected chi connectivity index (χ4v) is 3.12. The standard InChI is InChI=1S/C17H28N2O/c1-12(2)19-6-7-20-16(11-19)17(18-5)15-9-13(3)8-14(4)10-15/h8-10,12,16-18H,6-7,11H2,1-5H3. The summed E-state index contributed by atoms with van der Waals surface area (Å²) in [6.45, 7) is 11.7. The molecule has 0 bridgehead atoms. The van der Waals surface area contributed by atoms with Crippen molar-refractivity contribution in [1.82, 2.24) is 10.2 Å². The minimum Gasteiger partial charge on any atom is -0.374 e. The van der Waals surface area contributed by atoms with Gasteiger partial charge in [-0.2, -0.15) is 0 Å². The molecule has 2 rings (SSSR count). The number of ether oxygens (including phenoxy) is 1. The Balaban J connectivity index is 2.18. The molecule has 3 heteroatoms. The molecule has 0 radical (unpaired) electrons. The number of nitrogens with one attached hydrogen (secondary N) is 1. The second-order valence-electron chi connectivity index (χ2n) is 6.19. The average molecular weight is 276 g/mol. The fourth-order valence-electron chi connectivity index (χ4n) is 3.12. The van der Waals surface area contributed by atoms with Crippen LogP contribution in [-0.4, -0.2) is 43.8 Å². The van der Waals surface area contributed by atoms with Crippen LogP contribution in [0.4, 0.5) is 0 Å². The van der Waals surface area contributed by atoms with Gasteiger partial charge in [-0.15, -0.1) is 0 Å². The normalized spacial score (nSPS) is 22.2. The molecular weight excluding hydrogens is 248 g/mol. The number of nitrogens with zero attached hydrogens (tertiary/aromatic N) is 1. The van der Waals surface area contributed by atoms with Crippen molar-refractivity contribution in [3.8, 4) is 0 Å². The second kappa shape index (κ2) is 6.70. The van der Waals surface area contributed by atoms with Gasteiger partial charge in [-0.25, -0.2) is 0 Å². The van der Waals surface area contributed by atoms with Crippen molar-refractivity contribution in [3.63, 3.8) is 0 Å². The fraction of sp³-hybridized carbons (Fsp3) is 0.647. The van der Waals surface area contributed by atoms with E-state index in [0.29, 0.717) is 6.04 Å². The predicted octanol–water partition coefficient (Wildman–Crippen LogP) is 2.67. The van der Waals surface area contributed by atoms with Crippen molar-refractivity contribution in [2.45, 2.75) is 45.9 Å². The van der Waals surface area contributed by atoms with Gasteiger partial charge in [0.1, 0.15) is 0 Å². The molecular formula is C17H28N2O. The Morgan fingerprint density at radius 3 is 2.40 bits per heavy atom. The Labute approximate surface area is 123 Å². The zero-order valence-electron chi connectivity index (χ0n) is 13.4. The molecule has 20 heavy (non-hydrogen) atoms. The second-order valence-corrected chi connectivity index (χ2v) is 6.19. The maximum absolute atomic E-state index is 6.04. The summed E-state index contributed by atoms with van der Waals surface area (Å²) in [6.07, 6.45) is 0.220. The van der Waals surface area contributed by atoms with E-state index in [9.17, 15) is 0 Å².